The maximum absolute atomic E-state index is 12.3. The van der Waals surface area contributed by atoms with Gasteiger partial charge in [0.1, 0.15) is 18.1 Å². The van der Waals surface area contributed by atoms with Crippen molar-refractivity contribution in [2.45, 2.75) is 37.5 Å². The molecule has 0 aromatic heterocycles. The Morgan fingerprint density at radius 2 is 1.54 bits per heavy atom. The summed E-state index contributed by atoms with van der Waals surface area (Å²) in [6.45, 7) is 0.673. The molecule has 0 saturated heterocycles. The molecule has 0 aromatic rings. The lowest BCUT2D eigenvalue weighted by Crippen LogP contribution is -2.57. The van der Waals surface area contributed by atoms with Gasteiger partial charge in [-0.15, -0.1) is 0 Å². The number of carboxylic acids is 1. The number of nitrogens with two attached hydrogens (primary N) is 1. The third kappa shape index (κ3) is 8.74. The minimum atomic E-state index is -1.48. The molecule has 26 heavy (non-hydrogen) atoms. The Kier molecular flexibility index (Phi) is 12.1. The first kappa shape index (κ1) is 24.5. The summed E-state index contributed by atoms with van der Waals surface area (Å²) in [7, 11) is 0. The van der Waals surface area contributed by atoms with E-state index in [1.54, 1.807) is 0 Å². The topological polar surface area (TPSA) is 171 Å². The van der Waals surface area contributed by atoms with Crippen molar-refractivity contribution in [1.29, 1.82) is 0 Å². The maximum Gasteiger partial charge on any atom is 0.328 e. The molecule has 0 aliphatic heterocycles. The second-order valence-electron chi connectivity index (χ2n) is 5.46. The van der Waals surface area contributed by atoms with E-state index in [4.69, 9.17) is 15.9 Å². The number of amides is 3. The van der Waals surface area contributed by atoms with Crippen molar-refractivity contribution in [3.8, 4) is 0 Å². The van der Waals surface area contributed by atoms with Gasteiger partial charge in [0.05, 0.1) is 12.6 Å². The predicted octanol–water partition coefficient (Wildman–Crippen LogP) is -2.45. The summed E-state index contributed by atoms with van der Waals surface area (Å²) in [5.41, 5.74) is 5.44. The number of carbonyl (C=O) groups is 4. The van der Waals surface area contributed by atoms with Crippen LogP contribution in [0.2, 0.25) is 0 Å². The molecule has 0 aliphatic carbocycles. The summed E-state index contributed by atoms with van der Waals surface area (Å²) < 4.78 is 0. The molecule has 3 amide bonds. The van der Waals surface area contributed by atoms with Gasteiger partial charge in [-0.2, -0.15) is 24.4 Å². The fourth-order valence-electron chi connectivity index (χ4n) is 1.73. The van der Waals surface area contributed by atoms with E-state index >= 15 is 0 Å². The summed E-state index contributed by atoms with van der Waals surface area (Å²) in [4.78, 5) is 47.2. The van der Waals surface area contributed by atoms with Gasteiger partial charge in [-0.1, -0.05) is 0 Å². The number of hydrogen-bond donors (Lipinski definition) is 7. The Morgan fingerprint density at radius 1 is 1.04 bits per heavy atom. The van der Waals surface area contributed by atoms with Gasteiger partial charge < -0.3 is 31.9 Å². The van der Waals surface area contributed by atoms with E-state index in [1.807, 2.05) is 6.26 Å². The minimum Gasteiger partial charge on any atom is -0.480 e. The van der Waals surface area contributed by atoms with Gasteiger partial charge in [-0.3, -0.25) is 14.4 Å². The lowest BCUT2D eigenvalue weighted by Gasteiger charge is -2.23. The molecule has 0 fully saturated rings. The quantitative estimate of drug-likeness (QED) is 0.174. The van der Waals surface area contributed by atoms with Gasteiger partial charge in [0.2, 0.25) is 17.7 Å². The SMILES string of the molecule is CSCCC(NC(=O)C(CS)NC(=O)C(C)N)C(=O)NC(CO)C(=O)O. The monoisotopic (exact) mass is 410 g/mol. The Bertz CT molecular complexity index is 506. The molecule has 0 rings (SSSR count). The second-order valence-corrected chi connectivity index (χ2v) is 6.81. The number of rotatable bonds is 12. The van der Waals surface area contributed by atoms with Gasteiger partial charge in [0, 0.05) is 5.75 Å². The molecule has 0 heterocycles. The van der Waals surface area contributed by atoms with Crippen LogP contribution in [0.5, 0.6) is 0 Å². The molecule has 0 aromatic carbocycles. The molecule has 0 saturated carbocycles. The molecular weight excluding hydrogens is 384 g/mol. The summed E-state index contributed by atoms with van der Waals surface area (Å²) >= 11 is 5.44. The molecular formula is C14H26N4O6S2. The Morgan fingerprint density at radius 3 is 1.96 bits per heavy atom. The van der Waals surface area contributed by atoms with Gasteiger partial charge in [-0.25, -0.2) is 4.79 Å². The molecule has 4 atom stereocenters. The van der Waals surface area contributed by atoms with Gasteiger partial charge >= 0.3 is 5.97 Å². The zero-order chi connectivity index (χ0) is 20.3. The smallest absolute Gasteiger partial charge is 0.328 e. The number of nitrogens with one attached hydrogen (secondary N) is 3. The van der Waals surface area contributed by atoms with Crippen LogP contribution in [0.3, 0.4) is 0 Å². The minimum absolute atomic E-state index is 0.0183. The van der Waals surface area contributed by atoms with Crippen LogP contribution in [-0.4, -0.2) is 82.4 Å². The van der Waals surface area contributed by atoms with Gasteiger partial charge in [0.15, 0.2) is 0 Å². The van der Waals surface area contributed by atoms with Crippen LogP contribution in [0, 0.1) is 0 Å². The molecule has 7 N–H and O–H groups in total. The number of aliphatic hydroxyl groups is 1. The number of hydrogen-bond acceptors (Lipinski definition) is 8. The Labute approximate surface area is 161 Å². The fourth-order valence-corrected chi connectivity index (χ4v) is 2.46. The molecule has 0 aliphatic rings. The highest BCUT2D eigenvalue weighted by molar-refractivity contribution is 7.98. The molecule has 10 nitrogen and oxygen atoms in total. The van der Waals surface area contributed by atoms with Crippen LogP contribution in [0.25, 0.3) is 0 Å². The van der Waals surface area contributed by atoms with E-state index in [0.29, 0.717) is 5.75 Å². The van der Waals surface area contributed by atoms with Crippen molar-refractivity contribution < 1.29 is 29.4 Å². The first-order valence-corrected chi connectivity index (χ1v) is 9.80. The molecule has 0 bridgehead atoms. The van der Waals surface area contributed by atoms with Gasteiger partial charge in [-0.05, 0) is 25.4 Å². The highest BCUT2D eigenvalue weighted by Gasteiger charge is 2.28. The van der Waals surface area contributed by atoms with Crippen LogP contribution < -0.4 is 21.7 Å². The fraction of sp³-hybridized carbons (Fsp3) is 0.714. The van der Waals surface area contributed by atoms with Crippen LogP contribution in [0.15, 0.2) is 0 Å². The van der Waals surface area contributed by atoms with E-state index in [9.17, 15) is 19.2 Å². The number of thioether (sulfide) groups is 1. The van der Waals surface area contributed by atoms with E-state index in [-0.39, 0.29) is 12.2 Å². The number of aliphatic carboxylic acids is 1. The maximum atomic E-state index is 12.3. The van der Waals surface area contributed by atoms with Crippen LogP contribution in [0.1, 0.15) is 13.3 Å². The summed E-state index contributed by atoms with van der Waals surface area (Å²) in [5, 5.41) is 25.0. The molecule has 0 spiro atoms. The molecule has 150 valence electrons. The first-order chi connectivity index (χ1) is 12.2. The normalized spacial score (nSPS) is 15.3. The summed E-state index contributed by atoms with van der Waals surface area (Å²) in [6.07, 6.45) is 2.04. The molecule has 4 unspecified atom stereocenters. The average Bonchev–Trinajstić information content (AvgIpc) is 2.59. The number of thiol groups is 1. The summed E-state index contributed by atoms with van der Waals surface area (Å²) in [6, 6.07) is -4.33. The third-order valence-electron chi connectivity index (χ3n) is 3.27. The van der Waals surface area contributed by atoms with Crippen molar-refractivity contribution in [2.75, 3.05) is 24.4 Å². The van der Waals surface area contributed by atoms with Crippen LogP contribution in [0.4, 0.5) is 0 Å². The lowest BCUT2D eigenvalue weighted by atomic mass is 10.1. The van der Waals surface area contributed by atoms with E-state index < -0.39 is 54.5 Å². The van der Waals surface area contributed by atoms with E-state index in [2.05, 4.69) is 28.6 Å². The number of aliphatic hydroxyl groups excluding tert-OH is 1. The molecule has 0 radical (unpaired) electrons. The highest BCUT2D eigenvalue weighted by atomic mass is 32.2. The largest absolute Gasteiger partial charge is 0.480 e. The van der Waals surface area contributed by atoms with Crippen molar-refractivity contribution in [2.24, 2.45) is 5.73 Å². The first-order valence-electron chi connectivity index (χ1n) is 7.78. The van der Waals surface area contributed by atoms with Crippen molar-refractivity contribution in [3.63, 3.8) is 0 Å². The van der Waals surface area contributed by atoms with Crippen molar-refractivity contribution >= 4 is 48.1 Å². The van der Waals surface area contributed by atoms with E-state index in [1.165, 1.54) is 18.7 Å². The lowest BCUT2D eigenvalue weighted by molar-refractivity contribution is -0.143. The van der Waals surface area contributed by atoms with Crippen molar-refractivity contribution in [3.05, 3.63) is 0 Å². The average molecular weight is 411 g/mol. The van der Waals surface area contributed by atoms with E-state index in [0.717, 1.165) is 0 Å². The standard InChI is InChI=1S/C14H26N4O6S2/c1-7(15)11(20)18-10(6-25)13(22)16-8(3-4-26-2)12(21)17-9(5-19)14(23)24/h7-10,19,25H,3-6,15H2,1-2H3,(H,16,22)(H,17,21)(H,18,20)(H,23,24). The zero-order valence-electron chi connectivity index (χ0n) is 14.6. The highest BCUT2D eigenvalue weighted by Crippen LogP contribution is 2.03. The number of carboxylic acid groups (broad SMARTS) is 1. The van der Waals surface area contributed by atoms with Gasteiger partial charge in [0.25, 0.3) is 0 Å². The third-order valence-corrected chi connectivity index (χ3v) is 4.28. The summed E-state index contributed by atoms with van der Waals surface area (Å²) in [5.74, 6) is -2.83. The Hall–Kier alpha value is -1.50. The predicted molar refractivity (Wildman–Crippen MR) is 101 cm³/mol. The van der Waals surface area contributed by atoms with Crippen LogP contribution >= 0.6 is 24.4 Å². The Balaban J connectivity index is 5.05. The second kappa shape index (κ2) is 12.8. The van der Waals surface area contributed by atoms with Crippen molar-refractivity contribution in [1.82, 2.24) is 16.0 Å². The zero-order valence-corrected chi connectivity index (χ0v) is 16.3. The van der Waals surface area contributed by atoms with Crippen LogP contribution in [-0.2, 0) is 19.2 Å². The molecule has 12 heteroatoms. The number of carbonyl (C=O) groups excluding carboxylic acids is 3.